The number of carbonyl (C=O) groups excluding carboxylic acids is 2. The highest BCUT2D eigenvalue weighted by Gasteiger charge is 2.90. The molecule has 1 saturated heterocycles. The van der Waals surface area contributed by atoms with Crippen LogP contribution in [0.25, 0.3) is 0 Å². The first kappa shape index (κ1) is 54.9. The fourth-order valence-corrected chi connectivity index (χ4v) is 26.7. The zero-order chi connectivity index (χ0) is 57.8. The van der Waals surface area contributed by atoms with Crippen LogP contribution in [-0.4, -0.2) is 92.1 Å². The van der Waals surface area contributed by atoms with Gasteiger partial charge in [-0.15, -0.1) is 0 Å². The average Bonchev–Trinajstić information content (AvgIpc) is 1.55. The molecule has 3 heterocycles. The van der Waals surface area contributed by atoms with Crippen molar-refractivity contribution in [3.8, 4) is 11.8 Å². The second-order valence-corrected chi connectivity index (χ2v) is 31.6. The molecule has 26 atom stereocenters. The third kappa shape index (κ3) is 6.95. The SMILES string of the molecule is CNC1Cc2c(cccc2CO)C#CCCC23CCC4C5(C=O)CC67C8CC9CC(c%10ccccc%10)CCC96CCC8C6Cc8cccc(c8)CC8CCC(C8)C(C)C8CCC(C7O6)C5(O)C(C8)C(O)C4(O)C2(O)CC2CC1C1OC(=O)C=C1C23. The maximum absolute atomic E-state index is 16.1. The summed E-state index contributed by atoms with van der Waals surface area (Å²) in [5.74, 6) is 6.39. The van der Waals surface area contributed by atoms with Crippen LogP contribution in [0.1, 0.15) is 168 Å². The third-order valence-electron chi connectivity index (χ3n) is 29.7. The Hall–Kier alpha value is -4.18. The standard InChI is InChI=1S/C75H91NO9/c1-42-48-18-17-45(30-48)29-43-10-8-11-44(28-43)31-62-54-22-26-69-25-21-50(46-12-4-3-5-13-46)32-53(69)35-59(54)72(69)40-71(41-78)63-23-27-70-24-7-6-14-47-15-9-16-51(39-77)55(47)36-61(76-2)56-33-52(65(70)57-37-64(79)85-66(56)57)38-73(70,81)75(63,83)67(80)60-34-49(42)19-20-58(68(72)84-62)74(60,71)82/h3-5,8-13,15-16,28,37,41-42,45,48-50,52-54,56,58-63,65-68,76-77,80-83H,7,17-27,29-36,38-40H2,1-2H3. The summed E-state index contributed by atoms with van der Waals surface area (Å²) >= 11 is 0. The van der Waals surface area contributed by atoms with E-state index in [1.54, 1.807) is 6.08 Å². The van der Waals surface area contributed by atoms with Crippen molar-refractivity contribution in [1.29, 1.82) is 0 Å². The quantitative estimate of drug-likeness (QED) is 0.0842. The Kier molecular flexibility index (Phi) is 12.4. The van der Waals surface area contributed by atoms with Crippen LogP contribution >= 0.6 is 0 Å². The van der Waals surface area contributed by atoms with Crippen molar-refractivity contribution in [2.45, 2.75) is 208 Å². The Bertz CT molecular complexity index is 3310. The number of fused-ring (bicyclic) bond motifs is 14. The maximum atomic E-state index is 16.1. The molecule has 0 radical (unpaired) electrons. The lowest BCUT2D eigenvalue weighted by Crippen LogP contribution is -2.87. The van der Waals surface area contributed by atoms with Gasteiger partial charge in [0.15, 0.2) is 0 Å². The first-order valence-electron chi connectivity index (χ1n) is 34.1. The molecule has 3 spiro atoms. The summed E-state index contributed by atoms with van der Waals surface area (Å²) < 4.78 is 14.7. The molecule has 3 aromatic carbocycles. The lowest BCUT2D eigenvalue weighted by molar-refractivity contribution is -0.405. The number of esters is 1. The number of aliphatic hydroxyl groups excluding tert-OH is 2. The van der Waals surface area contributed by atoms with Gasteiger partial charge in [0.1, 0.15) is 23.6 Å². The second-order valence-electron chi connectivity index (χ2n) is 31.6. The summed E-state index contributed by atoms with van der Waals surface area (Å²) in [6.45, 7) is 2.32. The van der Waals surface area contributed by atoms with Crippen LogP contribution in [0.4, 0.5) is 0 Å². The van der Waals surface area contributed by atoms with Crippen LogP contribution in [0.3, 0.4) is 0 Å². The Labute approximate surface area is 503 Å². The molecule has 0 aromatic heterocycles. The highest BCUT2D eigenvalue weighted by molar-refractivity contribution is 5.86. The molecule has 15 aliphatic rings. The van der Waals surface area contributed by atoms with Gasteiger partial charge in [-0.1, -0.05) is 85.5 Å². The molecule has 12 aliphatic carbocycles. The van der Waals surface area contributed by atoms with E-state index >= 15 is 20.1 Å². The van der Waals surface area contributed by atoms with Gasteiger partial charge in [0, 0.05) is 58.6 Å². The van der Waals surface area contributed by atoms with E-state index in [-0.39, 0.29) is 84.1 Å². The number of aliphatic hydroxyl groups is 5. The summed E-state index contributed by atoms with van der Waals surface area (Å²) in [6.07, 6.45) is 17.4. The number of hydrogen-bond acceptors (Lipinski definition) is 10. The predicted molar refractivity (Wildman–Crippen MR) is 321 cm³/mol. The zero-order valence-corrected chi connectivity index (χ0v) is 50.2. The summed E-state index contributed by atoms with van der Waals surface area (Å²) in [7, 11) is 1.95. The van der Waals surface area contributed by atoms with Gasteiger partial charge in [-0.25, -0.2) is 4.79 Å². The fourth-order valence-electron chi connectivity index (χ4n) is 26.7. The zero-order valence-electron chi connectivity index (χ0n) is 50.2. The van der Waals surface area contributed by atoms with Gasteiger partial charge in [-0.2, -0.15) is 0 Å². The number of likely N-dealkylation sites (N-methyl/N-ethyl adjacent to an activating group) is 1. The topological polar surface area (TPSA) is 166 Å². The van der Waals surface area contributed by atoms with Crippen molar-refractivity contribution in [2.75, 3.05) is 7.05 Å². The maximum Gasteiger partial charge on any atom is 0.331 e. The first-order chi connectivity index (χ1) is 41.2. The molecule has 0 amide bonds. The second kappa shape index (κ2) is 19.2. The molecule has 85 heavy (non-hydrogen) atoms. The van der Waals surface area contributed by atoms with Crippen molar-refractivity contribution in [3.63, 3.8) is 0 Å². The Morgan fingerprint density at radius 3 is 2.36 bits per heavy atom. The van der Waals surface area contributed by atoms with E-state index in [4.69, 9.17) is 9.47 Å². The minimum atomic E-state index is -2.22. The third-order valence-corrected chi connectivity index (χ3v) is 29.7. The Morgan fingerprint density at radius 1 is 0.753 bits per heavy atom. The molecule has 11 fully saturated rings. The summed E-state index contributed by atoms with van der Waals surface area (Å²) in [4.78, 5) is 30.1. The summed E-state index contributed by atoms with van der Waals surface area (Å²) in [5.41, 5.74) is -1.41. The van der Waals surface area contributed by atoms with E-state index in [0.29, 0.717) is 81.5 Å². The lowest BCUT2D eigenvalue weighted by Gasteiger charge is -2.78. The molecule has 10 nitrogen and oxygen atoms in total. The summed E-state index contributed by atoms with van der Waals surface area (Å²) in [6, 6.07) is 26.3. The predicted octanol–water partition coefficient (Wildman–Crippen LogP) is 10.2. The molecule has 10 heteroatoms. The number of aldehydes is 1. The first-order valence-corrected chi connectivity index (χ1v) is 34.1. The van der Waals surface area contributed by atoms with Crippen LogP contribution in [0, 0.1) is 110 Å². The highest BCUT2D eigenvalue weighted by atomic mass is 16.5. The average molecular weight is 1150 g/mol. The molecule has 18 rings (SSSR count). The van der Waals surface area contributed by atoms with Gasteiger partial charge >= 0.3 is 5.97 Å². The van der Waals surface area contributed by atoms with Gasteiger partial charge in [0.05, 0.1) is 35.9 Å². The molecule has 10 saturated carbocycles. The molecular weight excluding hydrogens is 1060 g/mol. The van der Waals surface area contributed by atoms with E-state index in [2.05, 4.69) is 78.7 Å². The van der Waals surface area contributed by atoms with Crippen molar-refractivity contribution >= 4 is 12.3 Å². The van der Waals surface area contributed by atoms with E-state index in [0.717, 1.165) is 92.9 Å². The fraction of sp³-hybridized carbons (Fsp3) is 0.680. The van der Waals surface area contributed by atoms with Crippen LogP contribution in [0.2, 0.25) is 0 Å². The molecule has 26 unspecified atom stereocenters. The molecule has 16 bridgehead atoms. The van der Waals surface area contributed by atoms with Crippen molar-refractivity contribution in [1.82, 2.24) is 5.32 Å². The number of carbonyl (C=O) groups is 2. The summed E-state index contributed by atoms with van der Waals surface area (Å²) in [5, 5.41) is 74.7. The van der Waals surface area contributed by atoms with Gasteiger partial charge < -0.3 is 45.1 Å². The number of rotatable bonds is 4. The Balaban J connectivity index is 0.866. The van der Waals surface area contributed by atoms with Crippen LogP contribution in [-0.2, 0) is 44.9 Å². The van der Waals surface area contributed by atoms with E-state index in [9.17, 15) is 15.0 Å². The van der Waals surface area contributed by atoms with Gasteiger partial charge in [0.25, 0.3) is 0 Å². The Morgan fingerprint density at radius 2 is 1.54 bits per heavy atom. The highest BCUT2D eigenvalue weighted by Crippen LogP contribution is 2.86. The van der Waals surface area contributed by atoms with Gasteiger partial charge in [-0.05, 0) is 246 Å². The van der Waals surface area contributed by atoms with E-state index in [1.807, 2.05) is 25.2 Å². The minimum Gasteiger partial charge on any atom is -0.454 e. The number of ether oxygens (including phenoxy) is 2. The largest absolute Gasteiger partial charge is 0.454 e. The lowest BCUT2D eigenvalue weighted by atomic mass is 9.29. The molecular formula is C75H91NO9. The molecule has 6 N–H and O–H groups in total. The number of hydrogen-bond donors (Lipinski definition) is 6. The van der Waals surface area contributed by atoms with Gasteiger partial charge in [0.2, 0.25) is 0 Å². The monoisotopic (exact) mass is 1150 g/mol. The number of nitrogens with one attached hydrogen (secondary N) is 1. The van der Waals surface area contributed by atoms with Crippen LogP contribution < -0.4 is 5.32 Å². The molecule has 3 aromatic rings. The van der Waals surface area contributed by atoms with Crippen molar-refractivity contribution in [2.24, 2.45) is 98.6 Å². The van der Waals surface area contributed by atoms with E-state index < -0.39 is 63.0 Å². The van der Waals surface area contributed by atoms with Crippen LogP contribution in [0.5, 0.6) is 0 Å². The molecule has 3 aliphatic heterocycles. The normalized spacial score (nSPS) is 50.9. The number of benzene rings is 3. The van der Waals surface area contributed by atoms with Crippen molar-refractivity contribution < 1.29 is 44.6 Å². The minimum absolute atomic E-state index is 0.0545. The van der Waals surface area contributed by atoms with E-state index in [1.165, 1.54) is 29.4 Å². The van der Waals surface area contributed by atoms with Crippen LogP contribution in [0.15, 0.2) is 84.4 Å². The van der Waals surface area contributed by atoms with Crippen molar-refractivity contribution in [3.05, 3.63) is 118 Å². The molecule has 450 valence electrons. The van der Waals surface area contributed by atoms with Gasteiger partial charge in [-0.3, -0.25) is 0 Å². The smallest absolute Gasteiger partial charge is 0.331 e.